The van der Waals surface area contributed by atoms with Gasteiger partial charge in [0.25, 0.3) is 0 Å². The molecule has 6 heteroatoms. The van der Waals surface area contributed by atoms with E-state index in [0.717, 1.165) is 12.1 Å². The zero-order valence-corrected chi connectivity index (χ0v) is 8.62. The number of nitriles is 1. The van der Waals surface area contributed by atoms with Gasteiger partial charge < -0.3 is 0 Å². The van der Waals surface area contributed by atoms with Gasteiger partial charge in [-0.3, -0.25) is 10.1 Å². The van der Waals surface area contributed by atoms with E-state index in [2.05, 4.69) is 0 Å². The summed E-state index contributed by atoms with van der Waals surface area (Å²) in [5.41, 5.74) is -2.87. The molecule has 1 aromatic carbocycles. The van der Waals surface area contributed by atoms with E-state index in [4.69, 9.17) is 5.26 Å². The SMILES string of the molecule is CC(C)(C#N)c1c(F)ccc([N+](=O)[O-])c1F. The van der Waals surface area contributed by atoms with E-state index in [9.17, 15) is 18.9 Å². The summed E-state index contributed by atoms with van der Waals surface area (Å²) in [5.74, 6) is -2.26. The molecule has 0 aliphatic rings. The zero-order valence-electron chi connectivity index (χ0n) is 8.62. The third-order valence-electron chi connectivity index (χ3n) is 2.17. The van der Waals surface area contributed by atoms with Gasteiger partial charge in [0, 0.05) is 6.07 Å². The van der Waals surface area contributed by atoms with Crippen molar-refractivity contribution in [3.05, 3.63) is 39.4 Å². The quantitative estimate of drug-likeness (QED) is 0.575. The molecule has 1 aromatic rings. The van der Waals surface area contributed by atoms with Gasteiger partial charge in [0.2, 0.25) is 5.82 Å². The van der Waals surface area contributed by atoms with Crippen molar-refractivity contribution in [1.29, 1.82) is 5.26 Å². The van der Waals surface area contributed by atoms with Crippen LogP contribution < -0.4 is 0 Å². The van der Waals surface area contributed by atoms with Crippen molar-refractivity contribution in [3.63, 3.8) is 0 Å². The molecule has 0 unspecified atom stereocenters. The molecule has 0 bridgehead atoms. The number of benzene rings is 1. The van der Waals surface area contributed by atoms with E-state index in [-0.39, 0.29) is 0 Å². The van der Waals surface area contributed by atoms with Crippen LogP contribution in [0.15, 0.2) is 12.1 Å². The maximum atomic E-state index is 13.6. The van der Waals surface area contributed by atoms with E-state index >= 15 is 0 Å². The Kier molecular flexibility index (Phi) is 2.90. The molecular weight excluding hydrogens is 218 g/mol. The minimum Gasteiger partial charge on any atom is -0.258 e. The van der Waals surface area contributed by atoms with Crippen molar-refractivity contribution in [2.24, 2.45) is 0 Å². The summed E-state index contributed by atoms with van der Waals surface area (Å²) < 4.78 is 27.0. The Morgan fingerprint density at radius 2 is 2.00 bits per heavy atom. The number of nitrogens with zero attached hydrogens (tertiary/aromatic N) is 2. The fourth-order valence-electron chi connectivity index (χ4n) is 1.31. The first-order valence-corrected chi connectivity index (χ1v) is 4.35. The Balaban J connectivity index is 3.58. The molecule has 0 amide bonds. The van der Waals surface area contributed by atoms with Crippen molar-refractivity contribution in [1.82, 2.24) is 0 Å². The summed E-state index contributed by atoms with van der Waals surface area (Å²) in [5, 5.41) is 19.2. The van der Waals surface area contributed by atoms with E-state index in [1.807, 2.05) is 0 Å². The normalized spacial score (nSPS) is 10.9. The van der Waals surface area contributed by atoms with Gasteiger partial charge in [0.15, 0.2) is 0 Å². The van der Waals surface area contributed by atoms with Crippen molar-refractivity contribution in [2.75, 3.05) is 0 Å². The first-order chi connectivity index (χ1) is 7.31. The standard InChI is InChI=1S/C10H8F2N2O2/c1-10(2,5-13)8-6(11)3-4-7(9(8)12)14(15)16/h3-4H,1-2H3. The molecule has 16 heavy (non-hydrogen) atoms. The minimum absolute atomic E-state index is 0.579. The second kappa shape index (κ2) is 3.85. The lowest BCUT2D eigenvalue weighted by atomic mass is 9.85. The maximum Gasteiger partial charge on any atom is 0.305 e. The molecule has 0 saturated carbocycles. The average Bonchev–Trinajstić information content (AvgIpc) is 2.16. The molecular formula is C10H8F2N2O2. The van der Waals surface area contributed by atoms with Gasteiger partial charge >= 0.3 is 5.69 Å². The highest BCUT2D eigenvalue weighted by atomic mass is 19.1. The lowest BCUT2D eigenvalue weighted by molar-refractivity contribution is -0.387. The van der Waals surface area contributed by atoms with Crippen molar-refractivity contribution >= 4 is 5.69 Å². The summed E-state index contributed by atoms with van der Waals surface area (Å²) in [6.45, 7) is 2.58. The monoisotopic (exact) mass is 226 g/mol. The molecule has 0 atom stereocenters. The van der Waals surface area contributed by atoms with Gasteiger partial charge in [-0.2, -0.15) is 9.65 Å². The third-order valence-corrected chi connectivity index (χ3v) is 2.17. The number of nitro groups is 1. The van der Waals surface area contributed by atoms with E-state index in [1.165, 1.54) is 13.8 Å². The average molecular weight is 226 g/mol. The largest absolute Gasteiger partial charge is 0.305 e. The second-order valence-corrected chi connectivity index (χ2v) is 3.75. The van der Waals surface area contributed by atoms with E-state index in [0.29, 0.717) is 0 Å². The zero-order chi connectivity index (χ0) is 12.5. The van der Waals surface area contributed by atoms with Crippen LogP contribution in [-0.2, 0) is 5.41 Å². The number of nitro benzene ring substituents is 1. The fraction of sp³-hybridized carbons (Fsp3) is 0.300. The second-order valence-electron chi connectivity index (χ2n) is 3.75. The van der Waals surface area contributed by atoms with Crippen LogP contribution in [0.5, 0.6) is 0 Å². The molecule has 0 saturated heterocycles. The summed E-state index contributed by atoms with van der Waals surface area (Å²) in [6.07, 6.45) is 0. The summed E-state index contributed by atoms with van der Waals surface area (Å²) in [4.78, 5) is 9.51. The Bertz CT molecular complexity index is 492. The van der Waals surface area contributed by atoms with Gasteiger partial charge in [-0.15, -0.1) is 0 Å². The van der Waals surface area contributed by atoms with Crippen LogP contribution in [0.1, 0.15) is 19.4 Å². The van der Waals surface area contributed by atoms with E-state index < -0.39 is 33.2 Å². The first-order valence-electron chi connectivity index (χ1n) is 4.35. The van der Waals surface area contributed by atoms with Crippen molar-refractivity contribution < 1.29 is 13.7 Å². The summed E-state index contributed by atoms with van der Waals surface area (Å²) >= 11 is 0. The predicted octanol–water partition coefficient (Wildman–Crippen LogP) is 2.67. The minimum atomic E-state index is -1.46. The molecule has 1 rings (SSSR count). The molecule has 0 aliphatic carbocycles. The van der Waals surface area contributed by atoms with Crippen LogP contribution >= 0.6 is 0 Å². The highest BCUT2D eigenvalue weighted by molar-refractivity contribution is 5.43. The van der Waals surface area contributed by atoms with Gasteiger partial charge in [-0.05, 0) is 19.9 Å². The highest BCUT2D eigenvalue weighted by Gasteiger charge is 2.32. The maximum absolute atomic E-state index is 13.6. The Morgan fingerprint density at radius 1 is 1.44 bits per heavy atom. The van der Waals surface area contributed by atoms with Crippen LogP contribution in [0, 0.1) is 33.1 Å². The molecule has 0 radical (unpaired) electrons. The lowest BCUT2D eigenvalue weighted by Gasteiger charge is -2.16. The number of hydrogen-bond acceptors (Lipinski definition) is 3. The van der Waals surface area contributed by atoms with Crippen LogP contribution in [0.25, 0.3) is 0 Å². The predicted molar refractivity (Wildman–Crippen MR) is 51.7 cm³/mol. The molecule has 0 N–H and O–H groups in total. The fourth-order valence-corrected chi connectivity index (χ4v) is 1.31. The van der Waals surface area contributed by atoms with Gasteiger partial charge in [-0.1, -0.05) is 0 Å². The molecule has 0 heterocycles. The molecule has 0 aliphatic heterocycles. The molecule has 0 fully saturated rings. The van der Waals surface area contributed by atoms with Crippen LogP contribution in [0.3, 0.4) is 0 Å². The summed E-state index contributed by atoms with van der Waals surface area (Å²) in [7, 11) is 0. The van der Waals surface area contributed by atoms with Gasteiger partial charge in [-0.25, -0.2) is 4.39 Å². The number of rotatable bonds is 2. The molecule has 0 aromatic heterocycles. The third kappa shape index (κ3) is 1.84. The topological polar surface area (TPSA) is 66.9 Å². The van der Waals surface area contributed by atoms with Gasteiger partial charge in [0.1, 0.15) is 5.82 Å². The summed E-state index contributed by atoms with van der Waals surface area (Å²) in [6, 6.07) is 3.23. The van der Waals surface area contributed by atoms with E-state index in [1.54, 1.807) is 6.07 Å². The van der Waals surface area contributed by atoms with Crippen LogP contribution in [0.2, 0.25) is 0 Å². The highest BCUT2D eigenvalue weighted by Crippen LogP contribution is 2.32. The van der Waals surface area contributed by atoms with Gasteiger partial charge in [0.05, 0.1) is 22.0 Å². The van der Waals surface area contributed by atoms with Crippen molar-refractivity contribution in [3.8, 4) is 6.07 Å². The Morgan fingerprint density at radius 3 is 2.44 bits per heavy atom. The molecule has 0 spiro atoms. The number of halogens is 2. The first kappa shape index (κ1) is 12.0. The Hall–Kier alpha value is -2.03. The van der Waals surface area contributed by atoms with Crippen LogP contribution in [-0.4, -0.2) is 4.92 Å². The Labute approximate surface area is 90.3 Å². The molecule has 84 valence electrons. The van der Waals surface area contributed by atoms with Crippen molar-refractivity contribution in [2.45, 2.75) is 19.3 Å². The smallest absolute Gasteiger partial charge is 0.258 e. The van der Waals surface area contributed by atoms with Crippen LogP contribution in [0.4, 0.5) is 14.5 Å². The molecule has 4 nitrogen and oxygen atoms in total. The lowest BCUT2D eigenvalue weighted by Crippen LogP contribution is -2.19. The number of hydrogen-bond donors (Lipinski definition) is 0.